The zero-order valence-corrected chi connectivity index (χ0v) is 13.4. The molecule has 3 aromatic rings. The number of carbonyl (C=O) groups is 1. The molecule has 2 aliphatic carbocycles. The lowest BCUT2D eigenvalue weighted by molar-refractivity contribution is 0.0928. The molecule has 1 N–H and O–H groups in total. The standard InChI is InChI=1S/C20H19N3O/c24-19(22-20(11-12-20)15-6-2-1-3-7-15)17-16-8-4-5-13-23(16)18(21-17)14-9-10-14/h1-8,13-14H,9-12H2,(H,22,24). The summed E-state index contributed by atoms with van der Waals surface area (Å²) in [4.78, 5) is 17.7. The van der Waals surface area contributed by atoms with Crippen molar-refractivity contribution in [3.05, 3.63) is 71.8 Å². The van der Waals surface area contributed by atoms with Crippen LogP contribution >= 0.6 is 0 Å². The van der Waals surface area contributed by atoms with Gasteiger partial charge in [-0.1, -0.05) is 36.4 Å². The molecule has 24 heavy (non-hydrogen) atoms. The van der Waals surface area contributed by atoms with Crippen LogP contribution in [0.25, 0.3) is 5.52 Å². The SMILES string of the molecule is O=C(NC1(c2ccccc2)CC1)c1nc(C2CC2)n2ccccc12. The summed E-state index contributed by atoms with van der Waals surface area (Å²) in [6.45, 7) is 0. The van der Waals surface area contributed by atoms with Crippen molar-refractivity contribution in [2.45, 2.75) is 37.1 Å². The van der Waals surface area contributed by atoms with E-state index in [1.807, 2.05) is 42.6 Å². The highest BCUT2D eigenvalue weighted by molar-refractivity contribution is 5.99. The Labute approximate surface area is 140 Å². The molecule has 1 amide bonds. The Morgan fingerprint density at radius 1 is 1.08 bits per heavy atom. The number of nitrogens with zero attached hydrogens (tertiary/aromatic N) is 2. The minimum absolute atomic E-state index is 0.0630. The molecule has 2 aromatic heterocycles. The van der Waals surface area contributed by atoms with E-state index in [0.717, 1.165) is 24.2 Å². The van der Waals surface area contributed by atoms with Gasteiger partial charge in [0.15, 0.2) is 5.69 Å². The maximum absolute atomic E-state index is 13.0. The van der Waals surface area contributed by atoms with Crippen molar-refractivity contribution in [3.63, 3.8) is 0 Å². The van der Waals surface area contributed by atoms with Crippen LogP contribution in [0.2, 0.25) is 0 Å². The van der Waals surface area contributed by atoms with E-state index in [0.29, 0.717) is 11.6 Å². The molecule has 0 radical (unpaired) electrons. The average molecular weight is 317 g/mol. The largest absolute Gasteiger partial charge is 0.341 e. The molecule has 2 saturated carbocycles. The number of hydrogen-bond donors (Lipinski definition) is 1. The number of rotatable bonds is 4. The van der Waals surface area contributed by atoms with E-state index < -0.39 is 0 Å². The highest BCUT2D eigenvalue weighted by Gasteiger charge is 2.46. The van der Waals surface area contributed by atoms with Gasteiger partial charge in [-0.15, -0.1) is 0 Å². The third kappa shape index (κ3) is 2.13. The number of hydrogen-bond acceptors (Lipinski definition) is 2. The Balaban J connectivity index is 1.51. The summed E-state index contributed by atoms with van der Waals surface area (Å²) >= 11 is 0. The van der Waals surface area contributed by atoms with Gasteiger partial charge in [-0.05, 0) is 43.4 Å². The molecule has 2 fully saturated rings. The second-order valence-electron chi connectivity index (χ2n) is 6.95. The van der Waals surface area contributed by atoms with E-state index in [4.69, 9.17) is 4.98 Å². The first-order chi connectivity index (χ1) is 11.8. The lowest BCUT2D eigenvalue weighted by Crippen LogP contribution is -2.35. The van der Waals surface area contributed by atoms with E-state index in [1.54, 1.807) is 0 Å². The van der Waals surface area contributed by atoms with Crippen LogP contribution in [0.1, 0.15) is 53.5 Å². The molecular weight excluding hydrogens is 298 g/mol. The second kappa shape index (κ2) is 4.94. The molecule has 120 valence electrons. The van der Waals surface area contributed by atoms with E-state index >= 15 is 0 Å². The zero-order valence-electron chi connectivity index (χ0n) is 13.4. The smallest absolute Gasteiger partial charge is 0.272 e. The maximum atomic E-state index is 13.0. The summed E-state index contributed by atoms with van der Waals surface area (Å²) in [6, 6.07) is 16.2. The van der Waals surface area contributed by atoms with Gasteiger partial charge in [0.1, 0.15) is 5.82 Å². The molecule has 2 heterocycles. The first-order valence-corrected chi connectivity index (χ1v) is 8.62. The molecule has 0 bridgehead atoms. The molecule has 0 atom stereocenters. The number of pyridine rings is 1. The molecule has 5 rings (SSSR count). The van der Waals surface area contributed by atoms with Gasteiger partial charge in [0.25, 0.3) is 5.91 Å². The van der Waals surface area contributed by atoms with Gasteiger partial charge in [-0.25, -0.2) is 4.98 Å². The van der Waals surface area contributed by atoms with Crippen LogP contribution in [-0.4, -0.2) is 15.3 Å². The van der Waals surface area contributed by atoms with Crippen LogP contribution in [0.3, 0.4) is 0 Å². The molecular formula is C20H19N3O. The normalized spacial score (nSPS) is 18.5. The number of imidazole rings is 1. The summed E-state index contributed by atoms with van der Waals surface area (Å²) in [5, 5.41) is 3.25. The van der Waals surface area contributed by atoms with Crippen molar-refractivity contribution in [1.82, 2.24) is 14.7 Å². The van der Waals surface area contributed by atoms with Crippen molar-refractivity contribution < 1.29 is 4.79 Å². The summed E-state index contributed by atoms with van der Waals surface area (Å²) in [5.74, 6) is 1.47. The number of fused-ring (bicyclic) bond motifs is 1. The molecule has 4 heteroatoms. The zero-order chi connectivity index (χ0) is 16.1. The molecule has 0 unspecified atom stereocenters. The minimum atomic E-state index is -0.206. The van der Waals surface area contributed by atoms with Gasteiger partial charge in [-0.2, -0.15) is 0 Å². The summed E-state index contributed by atoms with van der Waals surface area (Å²) in [6.07, 6.45) is 6.33. The third-order valence-corrected chi connectivity index (χ3v) is 5.16. The highest BCUT2D eigenvalue weighted by atomic mass is 16.2. The predicted molar refractivity (Wildman–Crippen MR) is 92.0 cm³/mol. The van der Waals surface area contributed by atoms with E-state index in [2.05, 4.69) is 21.9 Å². The molecule has 0 saturated heterocycles. The molecule has 0 spiro atoms. The summed E-state index contributed by atoms with van der Waals surface area (Å²) < 4.78 is 2.08. The Hall–Kier alpha value is -2.62. The molecule has 0 aliphatic heterocycles. The van der Waals surface area contributed by atoms with Crippen molar-refractivity contribution in [2.24, 2.45) is 0 Å². The number of benzene rings is 1. The minimum Gasteiger partial charge on any atom is -0.341 e. The Morgan fingerprint density at radius 2 is 1.83 bits per heavy atom. The lowest BCUT2D eigenvalue weighted by atomic mass is 10.0. The Kier molecular flexibility index (Phi) is 2.84. The molecule has 4 nitrogen and oxygen atoms in total. The fourth-order valence-electron chi connectivity index (χ4n) is 3.50. The first-order valence-electron chi connectivity index (χ1n) is 8.62. The number of amides is 1. The number of nitrogens with one attached hydrogen (secondary N) is 1. The van der Waals surface area contributed by atoms with Crippen LogP contribution in [-0.2, 0) is 5.54 Å². The van der Waals surface area contributed by atoms with Gasteiger partial charge in [0, 0.05) is 12.1 Å². The summed E-state index contributed by atoms with van der Waals surface area (Å²) in [7, 11) is 0. The fourth-order valence-corrected chi connectivity index (χ4v) is 3.50. The van der Waals surface area contributed by atoms with Crippen molar-refractivity contribution in [3.8, 4) is 0 Å². The van der Waals surface area contributed by atoms with Crippen molar-refractivity contribution in [2.75, 3.05) is 0 Å². The Bertz CT molecular complexity index is 920. The van der Waals surface area contributed by atoms with Crippen LogP contribution in [0.5, 0.6) is 0 Å². The van der Waals surface area contributed by atoms with Crippen LogP contribution < -0.4 is 5.32 Å². The average Bonchev–Trinajstić information content (AvgIpc) is 3.55. The first kappa shape index (κ1) is 13.8. The van der Waals surface area contributed by atoms with Crippen LogP contribution in [0, 0.1) is 0 Å². The van der Waals surface area contributed by atoms with Gasteiger partial charge in [-0.3, -0.25) is 4.79 Å². The van der Waals surface area contributed by atoms with E-state index in [9.17, 15) is 4.79 Å². The van der Waals surface area contributed by atoms with Gasteiger partial charge >= 0.3 is 0 Å². The van der Waals surface area contributed by atoms with Crippen LogP contribution in [0.15, 0.2) is 54.7 Å². The van der Waals surface area contributed by atoms with Crippen molar-refractivity contribution in [1.29, 1.82) is 0 Å². The fraction of sp³-hybridized carbons (Fsp3) is 0.300. The predicted octanol–water partition coefficient (Wildman–Crippen LogP) is 3.63. The third-order valence-electron chi connectivity index (χ3n) is 5.16. The van der Waals surface area contributed by atoms with Crippen molar-refractivity contribution >= 4 is 11.4 Å². The van der Waals surface area contributed by atoms with Gasteiger partial charge in [0.2, 0.25) is 0 Å². The second-order valence-corrected chi connectivity index (χ2v) is 6.95. The van der Waals surface area contributed by atoms with E-state index in [1.165, 1.54) is 18.4 Å². The number of aromatic nitrogens is 2. The molecule has 1 aromatic carbocycles. The lowest BCUT2D eigenvalue weighted by Gasteiger charge is -2.17. The molecule has 2 aliphatic rings. The quantitative estimate of drug-likeness (QED) is 0.798. The maximum Gasteiger partial charge on any atom is 0.272 e. The number of carbonyl (C=O) groups excluding carboxylic acids is 1. The van der Waals surface area contributed by atoms with Gasteiger partial charge in [0.05, 0.1) is 11.1 Å². The Morgan fingerprint density at radius 3 is 2.54 bits per heavy atom. The van der Waals surface area contributed by atoms with E-state index in [-0.39, 0.29) is 11.4 Å². The summed E-state index contributed by atoms with van der Waals surface area (Å²) in [5.41, 5.74) is 2.44. The monoisotopic (exact) mass is 317 g/mol. The van der Waals surface area contributed by atoms with Gasteiger partial charge < -0.3 is 9.72 Å². The van der Waals surface area contributed by atoms with Crippen LogP contribution in [0.4, 0.5) is 0 Å². The topological polar surface area (TPSA) is 46.4 Å². The highest BCUT2D eigenvalue weighted by Crippen LogP contribution is 2.46.